The third-order valence-electron chi connectivity index (χ3n) is 3.20. The van der Waals surface area contributed by atoms with Crippen LogP contribution in [0.15, 0.2) is 48.5 Å². The minimum Gasteiger partial charge on any atom is -0.491 e. The molecule has 0 atom stereocenters. The van der Waals surface area contributed by atoms with Crippen LogP contribution in [0.1, 0.15) is 35.3 Å². The summed E-state index contributed by atoms with van der Waals surface area (Å²) in [7, 11) is 0. The lowest BCUT2D eigenvalue weighted by Crippen LogP contribution is -2.25. The molecule has 1 N–H and O–H groups in total. The summed E-state index contributed by atoms with van der Waals surface area (Å²) in [6.45, 7) is 3.89. The van der Waals surface area contributed by atoms with Gasteiger partial charge in [-0.2, -0.15) is 13.2 Å². The summed E-state index contributed by atoms with van der Waals surface area (Å²) in [6, 6.07) is 11.8. The Morgan fingerprint density at radius 1 is 1.12 bits per heavy atom. The van der Waals surface area contributed by atoms with E-state index in [0.717, 1.165) is 17.7 Å². The first-order chi connectivity index (χ1) is 11.3. The number of carbonyl (C=O) groups is 1. The number of rotatable bonds is 5. The van der Waals surface area contributed by atoms with Crippen molar-refractivity contribution in [3.63, 3.8) is 0 Å². The number of carbonyl (C=O) groups excluding carboxylic acids is 1. The van der Waals surface area contributed by atoms with Gasteiger partial charge in [0, 0.05) is 6.54 Å². The molecule has 2 aromatic rings. The summed E-state index contributed by atoms with van der Waals surface area (Å²) in [6.07, 6.45) is -4.56. The van der Waals surface area contributed by atoms with Crippen molar-refractivity contribution in [1.82, 2.24) is 5.32 Å². The lowest BCUT2D eigenvalue weighted by atomic mass is 10.1. The Hall–Kier alpha value is -2.50. The molecule has 0 aliphatic carbocycles. The number of hydrogen-bond donors (Lipinski definition) is 1. The molecule has 0 saturated carbocycles. The van der Waals surface area contributed by atoms with Crippen LogP contribution in [0.4, 0.5) is 13.2 Å². The zero-order valence-electron chi connectivity index (χ0n) is 13.4. The monoisotopic (exact) mass is 337 g/mol. The quantitative estimate of drug-likeness (QED) is 0.877. The van der Waals surface area contributed by atoms with E-state index in [1.807, 2.05) is 13.8 Å². The molecule has 1 amide bonds. The molecule has 6 heteroatoms. The first-order valence-electron chi connectivity index (χ1n) is 7.47. The van der Waals surface area contributed by atoms with Crippen molar-refractivity contribution in [2.24, 2.45) is 0 Å². The van der Waals surface area contributed by atoms with Crippen LogP contribution in [-0.4, -0.2) is 12.0 Å². The van der Waals surface area contributed by atoms with Crippen molar-refractivity contribution in [2.75, 3.05) is 0 Å². The lowest BCUT2D eigenvalue weighted by Gasteiger charge is -2.13. The normalized spacial score (nSPS) is 11.4. The average Bonchev–Trinajstić information content (AvgIpc) is 2.51. The molecule has 0 unspecified atom stereocenters. The van der Waals surface area contributed by atoms with Crippen molar-refractivity contribution >= 4 is 5.91 Å². The first-order valence-corrected chi connectivity index (χ1v) is 7.47. The van der Waals surface area contributed by atoms with Crippen molar-refractivity contribution < 1.29 is 22.7 Å². The van der Waals surface area contributed by atoms with Crippen LogP contribution < -0.4 is 10.1 Å². The van der Waals surface area contributed by atoms with Gasteiger partial charge in [-0.05, 0) is 43.7 Å². The second kappa shape index (κ2) is 7.38. The maximum Gasteiger partial charge on any atom is 0.417 e. The third-order valence-corrected chi connectivity index (χ3v) is 3.20. The predicted octanol–water partition coefficient (Wildman–Crippen LogP) is 4.42. The molecule has 0 aliphatic heterocycles. The highest BCUT2D eigenvalue weighted by Gasteiger charge is 2.34. The van der Waals surface area contributed by atoms with E-state index in [-0.39, 0.29) is 18.2 Å². The van der Waals surface area contributed by atoms with Crippen LogP contribution >= 0.6 is 0 Å². The number of hydrogen-bond acceptors (Lipinski definition) is 2. The maximum atomic E-state index is 12.9. The fourth-order valence-corrected chi connectivity index (χ4v) is 2.21. The SMILES string of the molecule is CC(C)Oc1cccc(CNC(=O)c2ccccc2C(F)(F)F)c1. The zero-order chi connectivity index (χ0) is 17.7. The van der Waals surface area contributed by atoms with Crippen LogP contribution in [0, 0.1) is 0 Å². The van der Waals surface area contributed by atoms with Gasteiger partial charge in [0.25, 0.3) is 5.91 Å². The molecular formula is C18H18F3NO2. The molecule has 0 aliphatic rings. The van der Waals surface area contributed by atoms with E-state index in [1.165, 1.54) is 12.1 Å². The molecule has 2 aromatic carbocycles. The molecule has 0 saturated heterocycles. The Labute approximate surface area is 138 Å². The number of benzene rings is 2. The molecule has 0 heterocycles. The van der Waals surface area contributed by atoms with Crippen molar-refractivity contribution in [1.29, 1.82) is 0 Å². The van der Waals surface area contributed by atoms with E-state index >= 15 is 0 Å². The fourth-order valence-electron chi connectivity index (χ4n) is 2.21. The molecule has 0 bridgehead atoms. The summed E-state index contributed by atoms with van der Waals surface area (Å²) in [5.74, 6) is -0.120. The predicted molar refractivity (Wildman–Crippen MR) is 84.8 cm³/mol. The van der Waals surface area contributed by atoms with Gasteiger partial charge in [0.2, 0.25) is 0 Å². The number of alkyl halides is 3. The van der Waals surface area contributed by atoms with E-state index in [4.69, 9.17) is 4.74 Å². The smallest absolute Gasteiger partial charge is 0.417 e. The average molecular weight is 337 g/mol. The topological polar surface area (TPSA) is 38.3 Å². The zero-order valence-corrected chi connectivity index (χ0v) is 13.4. The van der Waals surface area contributed by atoms with Gasteiger partial charge < -0.3 is 10.1 Å². The van der Waals surface area contributed by atoms with Crippen LogP contribution in [-0.2, 0) is 12.7 Å². The summed E-state index contributed by atoms with van der Waals surface area (Å²) >= 11 is 0. The van der Waals surface area contributed by atoms with Gasteiger partial charge in [0.1, 0.15) is 5.75 Å². The van der Waals surface area contributed by atoms with Crippen LogP contribution in [0.2, 0.25) is 0 Å². The second-order valence-corrected chi connectivity index (χ2v) is 5.54. The molecule has 2 rings (SSSR count). The molecule has 0 aromatic heterocycles. The molecule has 0 fully saturated rings. The van der Waals surface area contributed by atoms with E-state index in [0.29, 0.717) is 5.75 Å². The minimum absolute atomic E-state index is 0.00787. The highest BCUT2D eigenvalue weighted by Crippen LogP contribution is 2.31. The van der Waals surface area contributed by atoms with Crippen LogP contribution in [0.3, 0.4) is 0 Å². The maximum absolute atomic E-state index is 12.9. The highest BCUT2D eigenvalue weighted by molar-refractivity contribution is 5.95. The highest BCUT2D eigenvalue weighted by atomic mass is 19.4. The van der Waals surface area contributed by atoms with Crippen LogP contribution in [0.5, 0.6) is 5.75 Å². The van der Waals surface area contributed by atoms with E-state index in [2.05, 4.69) is 5.32 Å². The minimum atomic E-state index is -4.57. The Morgan fingerprint density at radius 2 is 1.83 bits per heavy atom. The van der Waals surface area contributed by atoms with Gasteiger partial charge in [0.15, 0.2) is 0 Å². The summed E-state index contributed by atoms with van der Waals surface area (Å²) in [5, 5.41) is 2.51. The number of ether oxygens (including phenoxy) is 1. The Bertz CT molecular complexity index is 711. The fraction of sp³-hybridized carbons (Fsp3) is 0.278. The van der Waals surface area contributed by atoms with E-state index in [9.17, 15) is 18.0 Å². The van der Waals surface area contributed by atoms with Crippen molar-refractivity contribution in [3.05, 3.63) is 65.2 Å². The number of nitrogens with one attached hydrogen (secondary N) is 1. The van der Waals surface area contributed by atoms with Gasteiger partial charge in [-0.1, -0.05) is 24.3 Å². The standard InChI is InChI=1S/C18H18F3NO2/c1-12(2)24-14-7-5-6-13(10-14)11-22-17(23)15-8-3-4-9-16(15)18(19,20)21/h3-10,12H,11H2,1-2H3,(H,22,23). The molecule has 0 spiro atoms. The second-order valence-electron chi connectivity index (χ2n) is 5.54. The summed E-state index contributed by atoms with van der Waals surface area (Å²) in [4.78, 5) is 12.1. The summed E-state index contributed by atoms with van der Waals surface area (Å²) < 4.78 is 44.4. The first kappa shape index (κ1) is 17.8. The van der Waals surface area contributed by atoms with Crippen LogP contribution in [0.25, 0.3) is 0 Å². The Morgan fingerprint density at radius 3 is 2.50 bits per heavy atom. The molecule has 3 nitrogen and oxygen atoms in total. The third kappa shape index (κ3) is 4.75. The Balaban J connectivity index is 2.09. The number of halogens is 3. The van der Waals surface area contributed by atoms with Gasteiger partial charge in [-0.15, -0.1) is 0 Å². The van der Waals surface area contributed by atoms with E-state index in [1.54, 1.807) is 24.3 Å². The lowest BCUT2D eigenvalue weighted by molar-refractivity contribution is -0.137. The Kier molecular flexibility index (Phi) is 5.49. The van der Waals surface area contributed by atoms with E-state index < -0.39 is 17.6 Å². The molecule has 128 valence electrons. The molecule has 0 radical (unpaired) electrons. The van der Waals surface area contributed by atoms with Gasteiger partial charge in [-0.3, -0.25) is 4.79 Å². The van der Waals surface area contributed by atoms with Gasteiger partial charge >= 0.3 is 6.18 Å². The van der Waals surface area contributed by atoms with Gasteiger partial charge in [-0.25, -0.2) is 0 Å². The number of amides is 1. The summed E-state index contributed by atoms with van der Waals surface area (Å²) in [5.41, 5.74) is -0.593. The van der Waals surface area contributed by atoms with Crippen molar-refractivity contribution in [2.45, 2.75) is 32.7 Å². The van der Waals surface area contributed by atoms with Gasteiger partial charge in [0.05, 0.1) is 17.2 Å². The largest absolute Gasteiger partial charge is 0.491 e. The molecular weight excluding hydrogens is 319 g/mol. The molecule has 24 heavy (non-hydrogen) atoms. The van der Waals surface area contributed by atoms with Crippen molar-refractivity contribution in [3.8, 4) is 5.75 Å².